The van der Waals surface area contributed by atoms with E-state index in [0.717, 1.165) is 27.9 Å². The van der Waals surface area contributed by atoms with Crippen LogP contribution in [0.1, 0.15) is 41.2 Å². The number of alkyl halides is 2. The fourth-order valence-electron chi connectivity index (χ4n) is 2.74. The maximum absolute atomic E-state index is 13.5. The average molecular weight is 379 g/mol. The fourth-order valence-corrected chi connectivity index (χ4v) is 2.85. The van der Waals surface area contributed by atoms with Crippen LogP contribution in [-0.2, 0) is 17.8 Å². The van der Waals surface area contributed by atoms with Crippen molar-refractivity contribution in [2.75, 3.05) is 12.4 Å². The first-order valence-electron chi connectivity index (χ1n) is 8.35. The van der Waals surface area contributed by atoms with E-state index in [-0.39, 0.29) is 23.1 Å². The van der Waals surface area contributed by atoms with E-state index in [4.69, 9.17) is 21.7 Å². The first kappa shape index (κ1) is 20.1. The number of nitrogens with one attached hydrogen (secondary N) is 1. The van der Waals surface area contributed by atoms with E-state index < -0.39 is 6.43 Å². The third kappa shape index (κ3) is 4.69. The molecule has 3 nitrogen and oxygen atoms in total. The second kappa shape index (κ2) is 8.94. The standard InChI is InChI=1S/C20H23F2NO2S/c1-5-14-10-15(19(21)22)18(9-13(14)3)25-11-16-12(2)7-6-8-17(16)23-20(26)24-4/h6-10,19H,5,11H2,1-4H3,(H,23,26). The van der Waals surface area contributed by atoms with Crippen LogP contribution in [0.5, 0.6) is 5.75 Å². The summed E-state index contributed by atoms with van der Waals surface area (Å²) in [7, 11) is 1.48. The lowest BCUT2D eigenvalue weighted by Crippen LogP contribution is -2.14. The van der Waals surface area contributed by atoms with Crippen LogP contribution in [0, 0.1) is 13.8 Å². The fraction of sp³-hybridized carbons (Fsp3) is 0.350. The van der Waals surface area contributed by atoms with Gasteiger partial charge in [-0.05, 0) is 67.4 Å². The molecule has 1 N–H and O–H groups in total. The summed E-state index contributed by atoms with van der Waals surface area (Å²) in [5, 5.41) is 3.22. The second-order valence-electron chi connectivity index (χ2n) is 5.98. The van der Waals surface area contributed by atoms with Crippen molar-refractivity contribution in [3.63, 3.8) is 0 Å². The predicted octanol–water partition coefficient (Wildman–Crippen LogP) is 5.73. The second-order valence-corrected chi connectivity index (χ2v) is 6.35. The molecule has 0 saturated heterocycles. The van der Waals surface area contributed by atoms with Crippen LogP contribution in [0.4, 0.5) is 14.5 Å². The summed E-state index contributed by atoms with van der Waals surface area (Å²) in [6, 6.07) is 8.87. The Bertz CT molecular complexity index is 794. The highest BCUT2D eigenvalue weighted by Gasteiger charge is 2.17. The number of benzene rings is 2. The first-order valence-corrected chi connectivity index (χ1v) is 8.76. The normalized spacial score (nSPS) is 10.7. The number of anilines is 1. The molecule has 0 aliphatic heterocycles. The van der Waals surface area contributed by atoms with Gasteiger partial charge in [-0.2, -0.15) is 0 Å². The van der Waals surface area contributed by atoms with Gasteiger partial charge in [0.15, 0.2) is 0 Å². The molecular weight excluding hydrogens is 356 g/mol. The molecule has 0 radical (unpaired) electrons. The Morgan fingerprint density at radius 3 is 2.54 bits per heavy atom. The van der Waals surface area contributed by atoms with Gasteiger partial charge < -0.3 is 14.8 Å². The topological polar surface area (TPSA) is 30.5 Å². The molecule has 0 atom stereocenters. The Kier molecular flexibility index (Phi) is 6.91. The minimum atomic E-state index is -2.59. The molecule has 0 saturated carbocycles. The Balaban J connectivity index is 2.32. The largest absolute Gasteiger partial charge is 0.488 e. The molecule has 26 heavy (non-hydrogen) atoms. The van der Waals surface area contributed by atoms with Gasteiger partial charge in [0.2, 0.25) is 0 Å². The SMILES string of the molecule is CCc1cc(C(F)F)c(OCc2c(C)cccc2NC(=S)OC)cc1C. The van der Waals surface area contributed by atoms with Gasteiger partial charge in [-0.25, -0.2) is 8.78 Å². The van der Waals surface area contributed by atoms with Crippen molar-refractivity contribution < 1.29 is 18.3 Å². The number of aryl methyl sites for hydroxylation is 3. The third-order valence-corrected chi connectivity index (χ3v) is 4.56. The number of methoxy groups -OCH3 is 1. The van der Waals surface area contributed by atoms with E-state index in [0.29, 0.717) is 6.42 Å². The van der Waals surface area contributed by atoms with E-state index in [1.54, 1.807) is 6.07 Å². The van der Waals surface area contributed by atoms with E-state index in [9.17, 15) is 8.78 Å². The van der Waals surface area contributed by atoms with Crippen molar-refractivity contribution >= 4 is 23.1 Å². The maximum Gasteiger partial charge on any atom is 0.267 e. The number of halogens is 2. The number of hydrogen-bond donors (Lipinski definition) is 1. The Morgan fingerprint density at radius 1 is 1.19 bits per heavy atom. The molecule has 0 unspecified atom stereocenters. The van der Waals surface area contributed by atoms with Crippen molar-refractivity contribution in [2.45, 2.75) is 40.2 Å². The highest BCUT2D eigenvalue weighted by atomic mass is 32.1. The van der Waals surface area contributed by atoms with Gasteiger partial charge in [-0.1, -0.05) is 19.1 Å². The average Bonchev–Trinajstić information content (AvgIpc) is 2.60. The lowest BCUT2D eigenvalue weighted by atomic mass is 10.0. The van der Waals surface area contributed by atoms with Gasteiger partial charge in [0.1, 0.15) is 12.4 Å². The lowest BCUT2D eigenvalue weighted by Gasteiger charge is -2.18. The molecule has 0 aromatic heterocycles. The van der Waals surface area contributed by atoms with Crippen molar-refractivity contribution in [1.82, 2.24) is 0 Å². The minimum Gasteiger partial charge on any atom is -0.488 e. The summed E-state index contributed by atoms with van der Waals surface area (Å²) in [6.07, 6.45) is -1.89. The molecule has 2 aromatic rings. The van der Waals surface area contributed by atoms with Crippen molar-refractivity contribution in [1.29, 1.82) is 0 Å². The third-order valence-electron chi connectivity index (χ3n) is 4.29. The van der Waals surface area contributed by atoms with Crippen molar-refractivity contribution in [3.8, 4) is 5.75 Å². The zero-order valence-corrected chi connectivity index (χ0v) is 16.2. The van der Waals surface area contributed by atoms with Crippen LogP contribution in [0.25, 0.3) is 0 Å². The molecule has 0 aliphatic rings. The molecule has 0 bridgehead atoms. The quantitative estimate of drug-likeness (QED) is 0.650. The molecule has 2 rings (SSSR count). The molecular formula is C20H23F2NO2S. The summed E-state index contributed by atoms with van der Waals surface area (Å²) in [4.78, 5) is 0. The minimum absolute atomic E-state index is 0.0806. The number of ether oxygens (including phenoxy) is 2. The van der Waals surface area contributed by atoms with Gasteiger partial charge in [-0.15, -0.1) is 0 Å². The smallest absolute Gasteiger partial charge is 0.267 e. The van der Waals surface area contributed by atoms with Crippen molar-refractivity contribution in [3.05, 3.63) is 58.1 Å². The highest BCUT2D eigenvalue weighted by molar-refractivity contribution is 7.80. The number of thiocarbonyl (C=S) groups is 1. The maximum atomic E-state index is 13.5. The molecule has 0 spiro atoms. The van der Waals surface area contributed by atoms with Crippen LogP contribution in [0.3, 0.4) is 0 Å². The highest BCUT2D eigenvalue weighted by Crippen LogP contribution is 2.33. The van der Waals surface area contributed by atoms with Crippen LogP contribution < -0.4 is 10.1 Å². The molecule has 0 amide bonds. The Labute approximate surface area is 158 Å². The van der Waals surface area contributed by atoms with Crippen molar-refractivity contribution in [2.24, 2.45) is 0 Å². The molecule has 2 aromatic carbocycles. The van der Waals surface area contributed by atoms with Crippen LogP contribution in [-0.4, -0.2) is 12.3 Å². The summed E-state index contributed by atoms with van der Waals surface area (Å²) in [5.41, 5.74) is 4.30. The number of hydrogen-bond acceptors (Lipinski definition) is 3. The molecule has 140 valence electrons. The van der Waals surface area contributed by atoms with Gasteiger partial charge in [0.05, 0.1) is 12.7 Å². The molecule has 0 fully saturated rings. The van der Waals surface area contributed by atoms with Gasteiger partial charge in [0, 0.05) is 11.3 Å². The lowest BCUT2D eigenvalue weighted by molar-refractivity contribution is 0.144. The van der Waals surface area contributed by atoms with E-state index in [1.807, 2.05) is 39.0 Å². The van der Waals surface area contributed by atoms with Gasteiger partial charge in [-0.3, -0.25) is 0 Å². The van der Waals surface area contributed by atoms with E-state index >= 15 is 0 Å². The molecule has 0 aliphatic carbocycles. The molecule has 0 heterocycles. The number of rotatable bonds is 6. The van der Waals surface area contributed by atoms with E-state index in [2.05, 4.69) is 5.32 Å². The van der Waals surface area contributed by atoms with Crippen LogP contribution in [0.2, 0.25) is 0 Å². The molecule has 6 heteroatoms. The van der Waals surface area contributed by atoms with Gasteiger partial charge in [0.25, 0.3) is 11.6 Å². The summed E-state index contributed by atoms with van der Waals surface area (Å²) in [6.45, 7) is 5.92. The predicted molar refractivity (Wildman–Crippen MR) is 104 cm³/mol. The van der Waals surface area contributed by atoms with E-state index in [1.165, 1.54) is 13.2 Å². The summed E-state index contributed by atoms with van der Waals surface area (Å²) < 4.78 is 37.7. The zero-order chi connectivity index (χ0) is 19.3. The Morgan fingerprint density at radius 2 is 1.92 bits per heavy atom. The van der Waals surface area contributed by atoms with Crippen LogP contribution >= 0.6 is 12.2 Å². The zero-order valence-electron chi connectivity index (χ0n) is 15.4. The monoisotopic (exact) mass is 379 g/mol. The van der Waals surface area contributed by atoms with Crippen LogP contribution in [0.15, 0.2) is 30.3 Å². The summed E-state index contributed by atoms with van der Waals surface area (Å²) >= 11 is 5.04. The van der Waals surface area contributed by atoms with Gasteiger partial charge >= 0.3 is 0 Å². The Hall–Kier alpha value is -2.21. The first-order chi connectivity index (χ1) is 12.4. The summed E-state index contributed by atoms with van der Waals surface area (Å²) in [5.74, 6) is 0.207.